The van der Waals surface area contributed by atoms with Gasteiger partial charge >= 0.3 is 0 Å². The summed E-state index contributed by atoms with van der Waals surface area (Å²) in [5.41, 5.74) is 0. The van der Waals surface area contributed by atoms with E-state index in [2.05, 4.69) is 28.2 Å². The van der Waals surface area contributed by atoms with Crippen molar-refractivity contribution >= 4 is 33.4 Å². The Morgan fingerprint density at radius 3 is 2.74 bits per heavy atom. The number of rotatable bonds is 8. The van der Waals surface area contributed by atoms with Gasteiger partial charge in [0, 0.05) is 16.9 Å². The molecule has 3 nitrogen and oxygen atoms in total. The van der Waals surface area contributed by atoms with Gasteiger partial charge in [0.15, 0.2) is 6.61 Å². The summed E-state index contributed by atoms with van der Waals surface area (Å²) in [6.07, 6.45) is 2.09. The van der Waals surface area contributed by atoms with Gasteiger partial charge in [-0.2, -0.15) is 0 Å². The molecule has 1 atom stereocenters. The molecule has 1 aromatic rings. The van der Waals surface area contributed by atoms with Crippen molar-refractivity contribution in [3.8, 4) is 5.75 Å². The number of carbonyl (C=O) groups is 1. The maximum absolute atomic E-state index is 11.5. The van der Waals surface area contributed by atoms with Crippen LogP contribution >= 0.6 is 27.5 Å². The Balaban J connectivity index is 2.12. The Hall–Kier alpha value is -0.740. The van der Waals surface area contributed by atoms with Crippen molar-refractivity contribution in [2.45, 2.75) is 19.8 Å². The number of benzene rings is 1. The molecule has 1 aromatic carbocycles. The Labute approximate surface area is 127 Å². The summed E-state index contributed by atoms with van der Waals surface area (Å²) < 4.78 is 5.34. The van der Waals surface area contributed by atoms with Crippen LogP contribution in [0.15, 0.2) is 24.3 Å². The molecule has 0 aliphatic rings. The Morgan fingerprint density at radius 2 is 2.11 bits per heavy atom. The topological polar surface area (TPSA) is 38.3 Å². The maximum atomic E-state index is 11.5. The normalized spacial score (nSPS) is 11.9. The van der Waals surface area contributed by atoms with Crippen molar-refractivity contribution in [1.29, 1.82) is 0 Å². The number of alkyl halides is 1. The van der Waals surface area contributed by atoms with Gasteiger partial charge in [-0.3, -0.25) is 4.79 Å². The molecule has 19 heavy (non-hydrogen) atoms. The quantitative estimate of drug-likeness (QED) is 0.575. The van der Waals surface area contributed by atoms with Crippen LogP contribution in [-0.2, 0) is 4.79 Å². The highest BCUT2D eigenvalue weighted by Crippen LogP contribution is 2.15. The van der Waals surface area contributed by atoms with Gasteiger partial charge in [-0.1, -0.05) is 34.5 Å². The van der Waals surface area contributed by atoms with Crippen LogP contribution in [0.25, 0.3) is 0 Å². The van der Waals surface area contributed by atoms with Crippen molar-refractivity contribution in [3.63, 3.8) is 0 Å². The molecule has 1 unspecified atom stereocenters. The zero-order chi connectivity index (χ0) is 14.1. The van der Waals surface area contributed by atoms with Crippen LogP contribution in [0.4, 0.5) is 0 Å². The summed E-state index contributed by atoms with van der Waals surface area (Å²) in [6.45, 7) is 2.91. The fourth-order valence-corrected chi connectivity index (χ4v) is 1.94. The van der Waals surface area contributed by atoms with E-state index >= 15 is 0 Å². The number of amides is 1. The van der Waals surface area contributed by atoms with Crippen LogP contribution in [0, 0.1) is 5.92 Å². The smallest absolute Gasteiger partial charge is 0.257 e. The molecule has 0 bridgehead atoms. The average Bonchev–Trinajstić information content (AvgIpc) is 2.42. The zero-order valence-electron chi connectivity index (χ0n) is 11.0. The lowest BCUT2D eigenvalue weighted by Gasteiger charge is -2.09. The highest BCUT2D eigenvalue weighted by molar-refractivity contribution is 9.09. The van der Waals surface area contributed by atoms with E-state index in [4.69, 9.17) is 16.3 Å². The van der Waals surface area contributed by atoms with Gasteiger partial charge in [-0.25, -0.2) is 0 Å². The molecule has 0 aromatic heterocycles. The molecule has 0 radical (unpaired) electrons. The standard InChI is InChI=1S/C14H19BrClNO2/c1-11(9-15)3-2-8-17-14(18)10-19-13-6-4-12(16)5-7-13/h4-7,11H,2-3,8-10H2,1H3,(H,17,18). The first-order valence-corrected chi connectivity index (χ1v) is 7.82. The predicted octanol–water partition coefficient (Wildman–Crippen LogP) is 3.65. The average molecular weight is 349 g/mol. The SMILES string of the molecule is CC(CBr)CCCNC(=O)COc1ccc(Cl)cc1. The van der Waals surface area contributed by atoms with E-state index in [1.54, 1.807) is 24.3 Å². The van der Waals surface area contributed by atoms with E-state index in [0.29, 0.717) is 23.2 Å². The second kappa shape index (κ2) is 9.21. The first kappa shape index (κ1) is 16.3. The van der Waals surface area contributed by atoms with Crippen molar-refractivity contribution in [1.82, 2.24) is 5.32 Å². The van der Waals surface area contributed by atoms with Crippen LogP contribution < -0.4 is 10.1 Å². The van der Waals surface area contributed by atoms with E-state index in [1.807, 2.05) is 0 Å². The molecule has 0 fully saturated rings. The number of hydrogen-bond donors (Lipinski definition) is 1. The van der Waals surface area contributed by atoms with E-state index in [9.17, 15) is 4.79 Å². The predicted molar refractivity (Wildman–Crippen MR) is 82.1 cm³/mol. The van der Waals surface area contributed by atoms with Crippen LogP contribution in [0.1, 0.15) is 19.8 Å². The minimum Gasteiger partial charge on any atom is -0.484 e. The van der Waals surface area contributed by atoms with Crippen LogP contribution in [0.5, 0.6) is 5.75 Å². The summed E-state index contributed by atoms with van der Waals surface area (Å²) in [6, 6.07) is 6.95. The monoisotopic (exact) mass is 347 g/mol. The molecule has 0 saturated carbocycles. The van der Waals surface area contributed by atoms with Gasteiger partial charge in [-0.15, -0.1) is 0 Å². The first-order chi connectivity index (χ1) is 9.11. The molecule has 1 amide bonds. The highest BCUT2D eigenvalue weighted by Gasteiger charge is 2.03. The summed E-state index contributed by atoms with van der Waals surface area (Å²) in [4.78, 5) is 11.5. The zero-order valence-corrected chi connectivity index (χ0v) is 13.3. The van der Waals surface area contributed by atoms with Gasteiger partial charge in [0.05, 0.1) is 0 Å². The number of carbonyl (C=O) groups excluding carboxylic acids is 1. The largest absolute Gasteiger partial charge is 0.484 e. The van der Waals surface area contributed by atoms with Gasteiger partial charge in [0.25, 0.3) is 5.91 Å². The van der Waals surface area contributed by atoms with Gasteiger partial charge < -0.3 is 10.1 Å². The second-order valence-electron chi connectivity index (χ2n) is 4.49. The summed E-state index contributed by atoms with van der Waals surface area (Å²) in [7, 11) is 0. The number of ether oxygens (including phenoxy) is 1. The van der Waals surface area contributed by atoms with Crippen molar-refractivity contribution in [3.05, 3.63) is 29.3 Å². The lowest BCUT2D eigenvalue weighted by molar-refractivity contribution is -0.123. The van der Waals surface area contributed by atoms with E-state index in [-0.39, 0.29) is 12.5 Å². The Morgan fingerprint density at radius 1 is 1.42 bits per heavy atom. The number of nitrogens with one attached hydrogen (secondary N) is 1. The third-order valence-corrected chi connectivity index (χ3v) is 4.00. The van der Waals surface area contributed by atoms with E-state index in [1.165, 1.54) is 0 Å². The van der Waals surface area contributed by atoms with Gasteiger partial charge in [-0.05, 0) is 43.0 Å². The molecule has 0 spiro atoms. The van der Waals surface area contributed by atoms with Crippen LogP contribution in [0.2, 0.25) is 5.02 Å². The fraction of sp³-hybridized carbons (Fsp3) is 0.500. The molecule has 0 saturated heterocycles. The molecule has 1 N–H and O–H groups in total. The molecule has 0 heterocycles. The van der Waals surface area contributed by atoms with Crippen LogP contribution in [0.3, 0.4) is 0 Å². The van der Waals surface area contributed by atoms with Crippen molar-refractivity contribution in [2.75, 3.05) is 18.5 Å². The van der Waals surface area contributed by atoms with Gasteiger partial charge in [0.2, 0.25) is 0 Å². The molecule has 106 valence electrons. The van der Waals surface area contributed by atoms with Crippen molar-refractivity contribution < 1.29 is 9.53 Å². The Bertz CT molecular complexity index is 384. The lowest BCUT2D eigenvalue weighted by atomic mass is 10.1. The number of halogens is 2. The molecular formula is C14H19BrClNO2. The fourth-order valence-electron chi connectivity index (χ4n) is 1.49. The molecular weight excluding hydrogens is 330 g/mol. The summed E-state index contributed by atoms with van der Waals surface area (Å²) in [5.74, 6) is 1.19. The minimum atomic E-state index is -0.0959. The highest BCUT2D eigenvalue weighted by atomic mass is 79.9. The molecule has 0 aliphatic carbocycles. The summed E-state index contributed by atoms with van der Waals surface area (Å²) in [5, 5.41) is 4.49. The first-order valence-electron chi connectivity index (χ1n) is 6.33. The maximum Gasteiger partial charge on any atom is 0.257 e. The molecule has 5 heteroatoms. The molecule has 1 rings (SSSR count). The molecule has 0 aliphatic heterocycles. The van der Waals surface area contributed by atoms with Gasteiger partial charge in [0.1, 0.15) is 5.75 Å². The minimum absolute atomic E-state index is 0.0373. The summed E-state index contributed by atoms with van der Waals surface area (Å²) >= 11 is 9.19. The second-order valence-corrected chi connectivity index (χ2v) is 5.58. The number of hydrogen-bond acceptors (Lipinski definition) is 2. The third-order valence-electron chi connectivity index (χ3n) is 2.64. The van der Waals surface area contributed by atoms with E-state index in [0.717, 1.165) is 18.2 Å². The lowest BCUT2D eigenvalue weighted by Crippen LogP contribution is -2.29. The van der Waals surface area contributed by atoms with Crippen LogP contribution in [-0.4, -0.2) is 24.4 Å². The van der Waals surface area contributed by atoms with Crippen molar-refractivity contribution in [2.24, 2.45) is 5.92 Å². The Kier molecular flexibility index (Phi) is 7.91. The third kappa shape index (κ3) is 7.43. The van der Waals surface area contributed by atoms with E-state index < -0.39 is 0 Å².